The molecule has 1 aromatic carbocycles. The number of benzene rings is 1. The molecule has 0 radical (unpaired) electrons. The van der Waals surface area contributed by atoms with E-state index in [1.165, 1.54) is 64.2 Å². The van der Waals surface area contributed by atoms with Crippen LogP contribution in [-0.4, -0.2) is 41.8 Å². The molecule has 2 rings (SSSR count). The van der Waals surface area contributed by atoms with Crippen LogP contribution in [0.5, 0.6) is 0 Å². The van der Waals surface area contributed by atoms with Gasteiger partial charge in [0, 0.05) is 6.42 Å². The van der Waals surface area contributed by atoms with Crippen LogP contribution in [0.3, 0.4) is 0 Å². The zero-order valence-corrected chi connectivity index (χ0v) is 26.2. The highest BCUT2D eigenvalue weighted by Gasteiger charge is 2.44. The normalized spacial score (nSPS) is 15.8. The summed E-state index contributed by atoms with van der Waals surface area (Å²) >= 11 is 0. The molecule has 42 heavy (non-hydrogen) atoms. The monoisotopic (exact) mass is 588 g/mol. The summed E-state index contributed by atoms with van der Waals surface area (Å²) in [6.45, 7) is 6.89. The van der Waals surface area contributed by atoms with Crippen molar-refractivity contribution in [3.63, 3.8) is 0 Å². The third-order valence-corrected chi connectivity index (χ3v) is 7.19. The van der Waals surface area contributed by atoms with Crippen molar-refractivity contribution in [2.45, 2.75) is 136 Å². The number of rotatable bonds is 21. The fourth-order valence-electron chi connectivity index (χ4n) is 4.55. The molecular formula is C34H52O8. The maximum atomic E-state index is 12.6. The number of aliphatic hydroxyl groups is 1. The first kappa shape index (κ1) is 35.3. The first-order chi connectivity index (χ1) is 20.1. The van der Waals surface area contributed by atoms with Crippen LogP contribution in [-0.2, 0) is 39.9 Å². The first-order valence-electron chi connectivity index (χ1n) is 15.8. The van der Waals surface area contributed by atoms with Gasteiger partial charge < -0.3 is 24.1 Å². The number of unbranched alkanes of at least 4 members (excludes halogenated alkanes) is 12. The molecule has 8 nitrogen and oxygen atoms in total. The van der Waals surface area contributed by atoms with Crippen molar-refractivity contribution in [2.24, 2.45) is 5.41 Å². The average Bonchev–Trinajstić information content (AvgIpc) is 3.27. The topological polar surface area (TPSA) is 108 Å². The van der Waals surface area contributed by atoms with E-state index in [9.17, 15) is 19.5 Å². The summed E-state index contributed by atoms with van der Waals surface area (Å²) in [5, 5.41) is 10.8. The Labute approximate surface area is 252 Å². The van der Waals surface area contributed by atoms with E-state index in [2.05, 4.69) is 6.92 Å². The number of esters is 3. The van der Waals surface area contributed by atoms with Gasteiger partial charge in [0.15, 0.2) is 11.9 Å². The molecule has 1 aliphatic rings. The highest BCUT2D eigenvalue weighted by atomic mass is 16.6. The minimum Gasteiger partial charge on any atom is -0.485 e. The Morgan fingerprint density at radius 1 is 0.881 bits per heavy atom. The van der Waals surface area contributed by atoms with Crippen LogP contribution in [0.4, 0.5) is 0 Å². The van der Waals surface area contributed by atoms with E-state index in [0.717, 1.165) is 24.8 Å². The third kappa shape index (κ3) is 13.4. The van der Waals surface area contributed by atoms with Crippen LogP contribution >= 0.6 is 0 Å². The largest absolute Gasteiger partial charge is 0.485 e. The van der Waals surface area contributed by atoms with Gasteiger partial charge in [-0.25, -0.2) is 4.79 Å². The molecule has 0 spiro atoms. The SMILES string of the molecule is CCCCCCCCCCCCCCCC(=O)OC[C@H](O)[C@H]1OC(=O)C(OC(=O)C(C)(C)C)=C1OCc1ccccc1. The standard InChI is InChI=1S/C34H52O8/c1-5-6-7-8-9-10-11-12-13-14-15-16-20-23-28(36)39-25-27(35)29-30(40-24-26-21-18-17-19-22-26)31(32(37)41-29)42-33(38)34(2,3)4/h17-19,21-22,27,29,35H,5-16,20,23-25H2,1-4H3/t27-,29+/m0/s1. The van der Waals surface area contributed by atoms with Crippen molar-refractivity contribution in [1.29, 1.82) is 0 Å². The van der Waals surface area contributed by atoms with Crippen molar-refractivity contribution in [2.75, 3.05) is 6.61 Å². The molecule has 0 fully saturated rings. The summed E-state index contributed by atoms with van der Waals surface area (Å²) in [6, 6.07) is 9.21. The Morgan fingerprint density at radius 3 is 1.98 bits per heavy atom. The highest BCUT2D eigenvalue weighted by Crippen LogP contribution is 2.30. The van der Waals surface area contributed by atoms with Crippen LogP contribution in [0.15, 0.2) is 41.9 Å². The number of carbonyl (C=O) groups is 3. The van der Waals surface area contributed by atoms with Gasteiger partial charge in [0.05, 0.1) is 5.41 Å². The molecule has 0 saturated carbocycles. The first-order valence-corrected chi connectivity index (χ1v) is 15.8. The predicted octanol–water partition coefficient (Wildman–Crippen LogP) is 7.31. The Kier molecular flexibility index (Phi) is 16.3. The molecule has 2 atom stereocenters. The van der Waals surface area contributed by atoms with E-state index < -0.39 is 41.3 Å². The number of carbonyl (C=O) groups excluding carboxylic acids is 3. The van der Waals surface area contributed by atoms with Crippen molar-refractivity contribution >= 4 is 17.9 Å². The number of hydrogen-bond acceptors (Lipinski definition) is 8. The molecule has 8 heteroatoms. The lowest BCUT2D eigenvalue weighted by Crippen LogP contribution is -2.34. The van der Waals surface area contributed by atoms with E-state index in [1.807, 2.05) is 30.3 Å². The fraction of sp³-hybridized carbons (Fsp3) is 0.676. The molecule has 1 N–H and O–H groups in total. The Hall–Kier alpha value is -2.87. The lowest BCUT2D eigenvalue weighted by molar-refractivity contribution is -0.159. The van der Waals surface area contributed by atoms with E-state index >= 15 is 0 Å². The molecule has 1 heterocycles. The van der Waals surface area contributed by atoms with Gasteiger partial charge in [-0.3, -0.25) is 9.59 Å². The van der Waals surface area contributed by atoms with Gasteiger partial charge in [-0.05, 0) is 32.8 Å². The van der Waals surface area contributed by atoms with Crippen LogP contribution in [0.2, 0.25) is 0 Å². The van der Waals surface area contributed by atoms with Gasteiger partial charge in [-0.15, -0.1) is 0 Å². The summed E-state index contributed by atoms with van der Waals surface area (Å²) in [7, 11) is 0. The summed E-state index contributed by atoms with van der Waals surface area (Å²) in [4.78, 5) is 37.4. The van der Waals surface area contributed by atoms with E-state index in [-0.39, 0.29) is 25.4 Å². The van der Waals surface area contributed by atoms with Crippen molar-refractivity contribution in [3.05, 3.63) is 47.4 Å². The van der Waals surface area contributed by atoms with Crippen LogP contribution in [0, 0.1) is 5.41 Å². The molecule has 0 bridgehead atoms. The number of aliphatic hydroxyl groups excluding tert-OH is 1. The predicted molar refractivity (Wildman–Crippen MR) is 161 cm³/mol. The maximum absolute atomic E-state index is 12.6. The van der Waals surface area contributed by atoms with E-state index in [0.29, 0.717) is 0 Å². The molecule has 0 saturated heterocycles. The van der Waals surface area contributed by atoms with Gasteiger partial charge in [0.25, 0.3) is 5.76 Å². The highest BCUT2D eigenvalue weighted by molar-refractivity contribution is 5.93. The molecule has 0 amide bonds. The average molecular weight is 589 g/mol. The second kappa shape index (κ2) is 19.3. The van der Waals surface area contributed by atoms with Crippen molar-refractivity contribution in [3.8, 4) is 0 Å². The lowest BCUT2D eigenvalue weighted by atomic mass is 9.97. The van der Waals surface area contributed by atoms with Crippen LogP contribution < -0.4 is 0 Å². The zero-order chi connectivity index (χ0) is 30.8. The lowest BCUT2D eigenvalue weighted by Gasteiger charge is -2.20. The van der Waals surface area contributed by atoms with Gasteiger partial charge in [-0.2, -0.15) is 0 Å². The summed E-state index contributed by atoms with van der Waals surface area (Å²) in [6.07, 6.45) is 13.4. The van der Waals surface area contributed by atoms with Gasteiger partial charge in [0.1, 0.15) is 19.3 Å². The second-order valence-electron chi connectivity index (χ2n) is 12.2. The summed E-state index contributed by atoms with van der Waals surface area (Å²) in [5.41, 5.74) is -0.0687. The van der Waals surface area contributed by atoms with Crippen molar-refractivity contribution < 1.29 is 38.4 Å². The molecular weight excluding hydrogens is 536 g/mol. The van der Waals surface area contributed by atoms with E-state index in [1.54, 1.807) is 20.8 Å². The van der Waals surface area contributed by atoms with Gasteiger partial charge >= 0.3 is 17.9 Å². The maximum Gasteiger partial charge on any atom is 0.378 e. The second-order valence-corrected chi connectivity index (χ2v) is 12.2. The Bertz CT molecular complexity index is 979. The Balaban J connectivity index is 1.75. The molecule has 0 aliphatic carbocycles. The molecule has 236 valence electrons. The minimum atomic E-state index is -1.39. The summed E-state index contributed by atoms with van der Waals surface area (Å²) in [5.74, 6) is -2.47. The third-order valence-electron chi connectivity index (χ3n) is 7.19. The molecule has 0 unspecified atom stereocenters. The molecule has 1 aromatic rings. The van der Waals surface area contributed by atoms with Crippen LogP contribution in [0.25, 0.3) is 0 Å². The van der Waals surface area contributed by atoms with E-state index in [4.69, 9.17) is 18.9 Å². The molecule has 1 aliphatic heterocycles. The van der Waals surface area contributed by atoms with Gasteiger partial charge in [-0.1, -0.05) is 114 Å². The fourth-order valence-corrected chi connectivity index (χ4v) is 4.55. The number of cyclic esters (lactones) is 1. The van der Waals surface area contributed by atoms with Crippen LogP contribution in [0.1, 0.15) is 123 Å². The minimum absolute atomic E-state index is 0.0609. The van der Waals surface area contributed by atoms with Gasteiger partial charge in [0.2, 0.25) is 0 Å². The zero-order valence-electron chi connectivity index (χ0n) is 26.2. The molecule has 0 aromatic heterocycles. The number of hydrogen-bond donors (Lipinski definition) is 1. The van der Waals surface area contributed by atoms with Crippen molar-refractivity contribution in [1.82, 2.24) is 0 Å². The smallest absolute Gasteiger partial charge is 0.378 e. The summed E-state index contributed by atoms with van der Waals surface area (Å²) < 4.78 is 21.8. The number of ether oxygens (including phenoxy) is 4. The Morgan fingerprint density at radius 2 is 1.43 bits per heavy atom. The quantitative estimate of drug-likeness (QED) is 0.0904.